The molecule has 112 valence electrons. The van der Waals surface area contributed by atoms with Crippen molar-refractivity contribution in [3.8, 4) is 0 Å². The van der Waals surface area contributed by atoms with Crippen molar-refractivity contribution in [2.45, 2.75) is 64.1 Å². The Morgan fingerprint density at radius 2 is 2.25 bits per heavy atom. The Balaban J connectivity index is 1.75. The fraction of sp³-hybridized carbons (Fsp3) is 0.867. The lowest BCUT2D eigenvalue weighted by atomic mass is 9.86. The normalized spacial score (nSPS) is 30.9. The maximum atomic E-state index is 11.1. The van der Waals surface area contributed by atoms with Gasteiger partial charge in [0.15, 0.2) is 0 Å². The van der Waals surface area contributed by atoms with Crippen molar-refractivity contribution >= 4 is 0 Å². The molecule has 2 saturated heterocycles. The second-order valence-electron chi connectivity index (χ2n) is 6.83. The van der Waals surface area contributed by atoms with Gasteiger partial charge in [0, 0.05) is 25.6 Å². The lowest BCUT2D eigenvalue weighted by Gasteiger charge is -2.37. The van der Waals surface area contributed by atoms with Gasteiger partial charge in [-0.25, -0.2) is 9.67 Å². The van der Waals surface area contributed by atoms with Crippen molar-refractivity contribution in [2.24, 2.45) is 5.92 Å². The first-order valence-electron chi connectivity index (χ1n) is 7.91. The average molecular weight is 278 g/mol. The number of nitrogens with zero attached hydrogens (tertiary/aromatic N) is 4. The minimum atomic E-state index is -0.609. The number of hydrogen-bond acceptors (Lipinski definition) is 4. The van der Waals surface area contributed by atoms with Gasteiger partial charge >= 0.3 is 0 Å². The zero-order valence-corrected chi connectivity index (χ0v) is 12.6. The zero-order valence-electron chi connectivity index (χ0n) is 12.6. The second kappa shape index (κ2) is 5.45. The van der Waals surface area contributed by atoms with Crippen LogP contribution in [-0.4, -0.2) is 49.5 Å². The summed E-state index contributed by atoms with van der Waals surface area (Å²) in [5.41, 5.74) is -0.609. The fourth-order valence-electron chi connectivity index (χ4n) is 3.77. The monoisotopic (exact) mass is 278 g/mol. The molecule has 1 N–H and O–H groups in total. The first-order chi connectivity index (χ1) is 9.58. The molecule has 3 heterocycles. The van der Waals surface area contributed by atoms with E-state index in [1.54, 1.807) is 6.33 Å². The van der Waals surface area contributed by atoms with Crippen LogP contribution in [0.3, 0.4) is 0 Å². The molecular formula is C15H26N4O. The number of piperidine rings is 1. The molecule has 5 heteroatoms. The first-order valence-corrected chi connectivity index (χ1v) is 7.91. The van der Waals surface area contributed by atoms with E-state index >= 15 is 0 Å². The molecule has 3 rings (SSSR count). The van der Waals surface area contributed by atoms with Crippen LogP contribution in [0.1, 0.15) is 45.4 Å². The number of fused-ring (bicyclic) bond motifs is 1. The molecule has 0 bridgehead atoms. The van der Waals surface area contributed by atoms with Gasteiger partial charge in [0.1, 0.15) is 12.2 Å². The summed E-state index contributed by atoms with van der Waals surface area (Å²) in [6.07, 6.45) is 6.76. The maximum absolute atomic E-state index is 11.1. The van der Waals surface area contributed by atoms with Gasteiger partial charge in [0.25, 0.3) is 0 Å². The molecule has 2 unspecified atom stereocenters. The third-order valence-electron chi connectivity index (χ3n) is 4.76. The summed E-state index contributed by atoms with van der Waals surface area (Å²) < 4.78 is 1.97. The Morgan fingerprint density at radius 3 is 3.05 bits per heavy atom. The largest absolute Gasteiger partial charge is 0.388 e. The summed E-state index contributed by atoms with van der Waals surface area (Å²) in [5.74, 6) is 1.48. The van der Waals surface area contributed by atoms with E-state index in [0.29, 0.717) is 18.4 Å². The maximum Gasteiger partial charge on any atom is 0.138 e. The Labute approximate surface area is 121 Å². The van der Waals surface area contributed by atoms with Crippen molar-refractivity contribution < 1.29 is 5.11 Å². The molecule has 2 aliphatic rings. The van der Waals surface area contributed by atoms with Gasteiger partial charge in [0.2, 0.25) is 0 Å². The molecule has 0 aliphatic carbocycles. The van der Waals surface area contributed by atoms with Crippen LogP contribution in [-0.2, 0) is 13.0 Å². The molecule has 0 aromatic carbocycles. The summed E-state index contributed by atoms with van der Waals surface area (Å²) in [7, 11) is 0. The van der Waals surface area contributed by atoms with E-state index in [1.807, 2.05) is 4.68 Å². The van der Waals surface area contributed by atoms with E-state index in [4.69, 9.17) is 0 Å². The SMILES string of the molecule is CC(C)Cn1ncnc1CC1(O)CCN2CCCCC21. The fourth-order valence-corrected chi connectivity index (χ4v) is 3.77. The predicted molar refractivity (Wildman–Crippen MR) is 77.3 cm³/mol. The highest BCUT2D eigenvalue weighted by molar-refractivity contribution is 5.06. The molecule has 2 fully saturated rings. The van der Waals surface area contributed by atoms with Crippen LogP contribution >= 0.6 is 0 Å². The molecule has 5 nitrogen and oxygen atoms in total. The second-order valence-corrected chi connectivity index (χ2v) is 6.83. The molecule has 0 amide bonds. The highest BCUT2D eigenvalue weighted by Crippen LogP contribution is 2.37. The van der Waals surface area contributed by atoms with Gasteiger partial charge in [-0.15, -0.1) is 0 Å². The van der Waals surface area contributed by atoms with E-state index < -0.39 is 5.60 Å². The summed E-state index contributed by atoms with van der Waals surface area (Å²) in [6, 6.07) is 0.320. The number of aliphatic hydroxyl groups is 1. The Bertz CT molecular complexity index is 458. The van der Waals surface area contributed by atoms with Crippen LogP contribution in [0.5, 0.6) is 0 Å². The molecule has 0 spiro atoms. The van der Waals surface area contributed by atoms with E-state index in [1.165, 1.54) is 12.8 Å². The minimum Gasteiger partial charge on any atom is -0.388 e. The Morgan fingerprint density at radius 1 is 1.40 bits per heavy atom. The standard InChI is InChI=1S/C15H26N4O/c1-12(2)10-19-14(16-11-17-19)9-15(20)6-8-18-7-4-3-5-13(15)18/h11-13,20H,3-10H2,1-2H3. The van der Waals surface area contributed by atoms with Gasteiger partial charge in [-0.3, -0.25) is 4.90 Å². The Hall–Kier alpha value is -0.940. The first kappa shape index (κ1) is 14.0. The third kappa shape index (κ3) is 2.61. The minimum absolute atomic E-state index is 0.320. The van der Waals surface area contributed by atoms with Crippen LogP contribution < -0.4 is 0 Å². The van der Waals surface area contributed by atoms with Gasteiger partial charge in [-0.05, 0) is 31.7 Å². The highest BCUT2D eigenvalue weighted by atomic mass is 16.3. The van der Waals surface area contributed by atoms with Crippen molar-refractivity contribution in [1.82, 2.24) is 19.7 Å². The number of aromatic nitrogens is 3. The van der Waals surface area contributed by atoms with Crippen LogP contribution in [0.25, 0.3) is 0 Å². The molecule has 2 atom stereocenters. The Kier molecular flexibility index (Phi) is 3.82. The van der Waals surface area contributed by atoms with Crippen LogP contribution in [0.4, 0.5) is 0 Å². The van der Waals surface area contributed by atoms with E-state index in [9.17, 15) is 5.11 Å². The molecule has 20 heavy (non-hydrogen) atoms. The van der Waals surface area contributed by atoms with Gasteiger partial charge in [0.05, 0.1) is 5.60 Å². The number of rotatable bonds is 4. The van der Waals surface area contributed by atoms with Crippen LogP contribution in [0, 0.1) is 5.92 Å². The van der Waals surface area contributed by atoms with E-state index in [0.717, 1.165) is 38.3 Å². The van der Waals surface area contributed by atoms with Gasteiger partial charge in [-0.1, -0.05) is 20.3 Å². The zero-order chi connectivity index (χ0) is 14.2. The average Bonchev–Trinajstić information content (AvgIpc) is 2.96. The smallest absolute Gasteiger partial charge is 0.138 e. The van der Waals surface area contributed by atoms with Gasteiger partial charge < -0.3 is 5.11 Å². The lowest BCUT2D eigenvalue weighted by Crippen LogP contribution is -2.48. The topological polar surface area (TPSA) is 54.2 Å². The van der Waals surface area contributed by atoms with Crippen LogP contribution in [0.15, 0.2) is 6.33 Å². The van der Waals surface area contributed by atoms with E-state index in [-0.39, 0.29) is 0 Å². The molecular weight excluding hydrogens is 252 g/mol. The summed E-state index contributed by atoms with van der Waals surface area (Å²) in [5, 5.41) is 15.4. The van der Waals surface area contributed by atoms with Crippen LogP contribution in [0.2, 0.25) is 0 Å². The molecule has 1 aromatic rings. The predicted octanol–water partition coefficient (Wildman–Crippen LogP) is 1.47. The molecule has 1 aromatic heterocycles. The molecule has 2 aliphatic heterocycles. The highest BCUT2D eigenvalue weighted by Gasteiger charge is 2.47. The summed E-state index contributed by atoms with van der Waals surface area (Å²) >= 11 is 0. The molecule has 0 radical (unpaired) electrons. The summed E-state index contributed by atoms with van der Waals surface area (Å²) in [6.45, 7) is 7.40. The van der Waals surface area contributed by atoms with Gasteiger partial charge in [-0.2, -0.15) is 5.10 Å². The summed E-state index contributed by atoms with van der Waals surface area (Å²) in [4.78, 5) is 6.85. The van der Waals surface area contributed by atoms with Crippen molar-refractivity contribution in [3.63, 3.8) is 0 Å². The van der Waals surface area contributed by atoms with Crippen molar-refractivity contribution in [3.05, 3.63) is 12.2 Å². The lowest BCUT2D eigenvalue weighted by molar-refractivity contribution is -0.0112. The quantitative estimate of drug-likeness (QED) is 0.906. The van der Waals surface area contributed by atoms with Crippen molar-refractivity contribution in [2.75, 3.05) is 13.1 Å². The third-order valence-corrected chi connectivity index (χ3v) is 4.76. The van der Waals surface area contributed by atoms with Crippen molar-refractivity contribution in [1.29, 1.82) is 0 Å². The number of hydrogen-bond donors (Lipinski definition) is 1. The molecule has 0 saturated carbocycles. The van der Waals surface area contributed by atoms with E-state index in [2.05, 4.69) is 28.8 Å².